The highest BCUT2D eigenvalue weighted by molar-refractivity contribution is 7.99. The van der Waals surface area contributed by atoms with Crippen molar-refractivity contribution in [3.63, 3.8) is 0 Å². The number of aryl methyl sites for hydroxylation is 2. The van der Waals surface area contributed by atoms with Crippen molar-refractivity contribution < 1.29 is 9.21 Å². The van der Waals surface area contributed by atoms with Crippen LogP contribution in [0, 0.1) is 13.8 Å². The molecule has 0 spiro atoms. The molecule has 3 aromatic rings. The third-order valence-electron chi connectivity index (χ3n) is 4.06. The summed E-state index contributed by atoms with van der Waals surface area (Å²) in [7, 11) is 0. The lowest BCUT2D eigenvalue weighted by molar-refractivity contribution is -0.113. The van der Waals surface area contributed by atoms with Gasteiger partial charge in [-0.05, 0) is 49.6 Å². The molecule has 2 aromatic carbocycles. The summed E-state index contributed by atoms with van der Waals surface area (Å²) in [6.45, 7) is 8.34. The summed E-state index contributed by atoms with van der Waals surface area (Å²) in [4.78, 5) is 12.1. The largest absolute Gasteiger partial charge is 0.411 e. The average Bonchev–Trinajstić information content (AvgIpc) is 3.09. The van der Waals surface area contributed by atoms with Gasteiger partial charge in [0.05, 0.1) is 5.75 Å². The van der Waals surface area contributed by atoms with E-state index in [2.05, 4.69) is 35.4 Å². The van der Waals surface area contributed by atoms with Crippen LogP contribution in [0.4, 0.5) is 5.69 Å². The van der Waals surface area contributed by atoms with Crippen molar-refractivity contribution in [3.8, 4) is 11.5 Å². The van der Waals surface area contributed by atoms with E-state index in [-0.39, 0.29) is 11.7 Å². The van der Waals surface area contributed by atoms with Crippen molar-refractivity contribution in [1.82, 2.24) is 10.2 Å². The summed E-state index contributed by atoms with van der Waals surface area (Å²) >= 11 is 1.23. The van der Waals surface area contributed by atoms with E-state index in [0.29, 0.717) is 17.0 Å². The predicted octanol–water partition coefficient (Wildman–Crippen LogP) is 5.21. The Balaban J connectivity index is 1.57. The maximum atomic E-state index is 12.1. The predicted molar refractivity (Wildman–Crippen MR) is 109 cm³/mol. The third-order valence-corrected chi connectivity index (χ3v) is 4.88. The number of nitrogens with zero attached hydrogens (tertiary/aromatic N) is 2. The van der Waals surface area contributed by atoms with Crippen molar-refractivity contribution >= 4 is 23.4 Å². The van der Waals surface area contributed by atoms with Gasteiger partial charge in [0.2, 0.25) is 11.8 Å². The number of aromatic nitrogens is 2. The van der Waals surface area contributed by atoms with E-state index in [9.17, 15) is 4.79 Å². The molecule has 0 radical (unpaired) electrons. The molecule has 6 heteroatoms. The van der Waals surface area contributed by atoms with E-state index in [0.717, 1.165) is 22.4 Å². The highest BCUT2D eigenvalue weighted by Gasteiger charge is 2.12. The topological polar surface area (TPSA) is 68.0 Å². The van der Waals surface area contributed by atoms with Crippen molar-refractivity contribution in [1.29, 1.82) is 0 Å². The Bertz CT molecular complexity index is 913. The molecule has 0 aliphatic heterocycles. The third kappa shape index (κ3) is 5.20. The first-order valence-electron chi connectivity index (χ1n) is 8.85. The summed E-state index contributed by atoms with van der Waals surface area (Å²) in [6, 6.07) is 14.0. The molecular weight excluding hydrogens is 358 g/mol. The van der Waals surface area contributed by atoms with Gasteiger partial charge in [-0.1, -0.05) is 54.9 Å². The SMILES string of the molecule is Cc1cc(C)cc(-c2nnc(SCC(=O)Nc3ccc(C(C)C)cc3)o2)c1. The lowest BCUT2D eigenvalue weighted by Gasteiger charge is -2.07. The molecule has 140 valence electrons. The number of anilines is 1. The minimum atomic E-state index is -0.108. The smallest absolute Gasteiger partial charge is 0.277 e. The number of carbonyl (C=O) groups excluding carboxylic acids is 1. The fourth-order valence-electron chi connectivity index (χ4n) is 2.76. The Morgan fingerprint density at radius 1 is 1.07 bits per heavy atom. The molecule has 3 rings (SSSR count). The zero-order valence-electron chi connectivity index (χ0n) is 15.9. The van der Waals surface area contributed by atoms with Crippen LogP contribution in [0.3, 0.4) is 0 Å². The number of amides is 1. The lowest BCUT2D eigenvalue weighted by atomic mass is 10.0. The van der Waals surface area contributed by atoms with Crippen molar-refractivity contribution in [2.24, 2.45) is 0 Å². The fraction of sp³-hybridized carbons (Fsp3) is 0.286. The van der Waals surface area contributed by atoms with Gasteiger partial charge >= 0.3 is 0 Å². The fourth-order valence-corrected chi connectivity index (χ4v) is 3.32. The maximum Gasteiger partial charge on any atom is 0.277 e. The Morgan fingerprint density at radius 2 is 1.74 bits per heavy atom. The van der Waals surface area contributed by atoms with Gasteiger partial charge in [0.25, 0.3) is 5.22 Å². The number of thioether (sulfide) groups is 1. The molecule has 1 aromatic heterocycles. The molecule has 1 N–H and O–H groups in total. The minimum absolute atomic E-state index is 0.108. The van der Waals surface area contributed by atoms with Crippen LogP contribution in [0.25, 0.3) is 11.5 Å². The number of rotatable bonds is 6. The second-order valence-corrected chi connectivity index (χ2v) is 7.79. The molecule has 0 saturated heterocycles. The standard InChI is InChI=1S/C21H23N3O2S/c1-13(2)16-5-7-18(8-6-16)22-19(25)12-27-21-24-23-20(26-21)17-10-14(3)9-15(4)11-17/h5-11,13H,12H2,1-4H3,(H,22,25). The average molecular weight is 382 g/mol. The lowest BCUT2D eigenvalue weighted by Crippen LogP contribution is -2.14. The van der Waals surface area contributed by atoms with Crippen LogP contribution in [-0.2, 0) is 4.79 Å². The molecule has 0 unspecified atom stereocenters. The first-order chi connectivity index (χ1) is 12.9. The number of benzene rings is 2. The van der Waals surface area contributed by atoms with Gasteiger partial charge in [-0.15, -0.1) is 10.2 Å². The van der Waals surface area contributed by atoms with Gasteiger partial charge in [0, 0.05) is 11.3 Å². The van der Waals surface area contributed by atoms with E-state index < -0.39 is 0 Å². The molecule has 27 heavy (non-hydrogen) atoms. The van der Waals surface area contributed by atoms with Crippen molar-refractivity contribution in [2.45, 2.75) is 38.8 Å². The summed E-state index contributed by atoms with van der Waals surface area (Å²) in [5, 5.41) is 11.4. The van der Waals surface area contributed by atoms with Gasteiger partial charge in [-0.2, -0.15) is 0 Å². The first-order valence-corrected chi connectivity index (χ1v) is 9.84. The second kappa shape index (κ2) is 8.39. The number of carbonyl (C=O) groups is 1. The summed E-state index contributed by atoms with van der Waals surface area (Å²) in [5.41, 5.74) is 5.20. The molecule has 0 saturated carbocycles. The Hall–Kier alpha value is -2.60. The molecule has 1 heterocycles. The summed E-state index contributed by atoms with van der Waals surface area (Å²) in [6.07, 6.45) is 0. The van der Waals surface area contributed by atoms with Crippen LogP contribution < -0.4 is 5.32 Å². The zero-order chi connectivity index (χ0) is 19.4. The van der Waals surface area contributed by atoms with Gasteiger partial charge in [0.1, 0.15) is 0 Å². The molecule has 1 amide bonds. The molecule has 5 nitrogen and oxygen atoms in total. The molecule has 0 atom stereocenters. The van der Waals surface area contributed by atoms with Crippen LogP contribution in [0.5, 0.6) is 0 Å². The molecule has 0 bridgehead atoms. The van der Waals surface area contributed by atoms with Crippen LogP contribution >= 0.6 is 11.8 Å². The van der Waals surface area contributed by atoms with Crippen LogP contribution in [0.2, 0.25) is 0 Å². The summed E-state index contributed by atoms with van der Waals surface area (Å²) < 4.78 is 5.68. The normalized spacial score (nSPS) is 11.0. The van der Waals surface area contributed by atoms with Gasteiger partial charge in [0.15, 0.2) is 0 Å². The van der Waals surface area contributed by atoms with E-state index in [1.165, 1.54) is 17.3 Å². The van der Waals surface area contributed by atoms with Gasteiger partial charge in [-0.3, -0.25) is 4.79 Å². The van der Waals surface area contributed by atoms with Gasteiger partial charge in [-0.25, -0.2) is 0 Å². The Labute approximate surface area is 163 Å². The Morgan fingerprint density at radius 3 is 2.37 bits per heavy atom. The quantitative estimate of drug-likeness (QED) is 0.594. The molecule has 0 aliphatic carbocycles. The maximum absolute atomic E-state index is 12.1. The summed E-state index contributed by atoms with van der Waals surface area (Å²) in [5.74, 6) is 1.03. The highest BCUT2D eigenvalue weighted by Crippen LogP contribution is 2.25. The Kier molecular flexibility index (Phi) is 5.96. The van der Waals surface area contributed by atoms with Crippen molar-refractivity contribution in [3.05, 3.63) is 59.2 Å². The van der Waals surface area contributed by atoms with E-state index in [4.69, 9.17) is 4.42 Å². The van der Waals surface area contributed by atoms with Crippen LogP contribution in [-0.4, -0.2) is 21.9 Å². The van der Waals surface area contributed by atoms with E-state index >= 15 is 0 Å². The minimum Gasteiger partial charge on any atom is -0.411 e. The van der Waals surface area contributed by atoms with Crippen molar-refractivity contribution in [2.75, 3.05) is 11.1 Å². The number of nitrogens with one attached hydrogen (secondary N) is 1. The number of hydrogen-bond acceptors (Lipinski definition) is 5. The molecule has 0 aliphatic rings. The molecular formula is C21H23N3O2S. The molecule has 0 fully saturated rings. The van der Waals surface area contributed by atoms with Crippen LogP contribution in [0.15, 0.2) is 52.1 Å². The first kappa shape index (κ1) is 19.2. The van der Waals surface area contributed by atoms with Gasteiger partial charge < -0.3 is 9.73 Å². The zero-order valence-corrected chi connectivity index (χ0v) is 16.8. The van der Waals surface area contributed by atoms with E-state index in [1.54, 1.807) is 0 Å². The monoisotopic (exact) mass is 381 g/mol. The van der Waals surface area contributed by atoms with E-state index in [1.807, 2.05) is 50.2 Å². The van der Waals surface area contributed by atoms with Crippen LogP contribution in [0.1, 0.15) is 36.5 Å². The highest BCUT2D eigenvalue weighted by atomic mass is 32.2. The number of hydrogen-bond donors (Lipinski definition) is 1. The second-order valence-electron chi connectivity index (χ2n) is 6.86.